The normalized spacial score (nSPS) is 16.5. The number of aromatic nitrogens is 3. The summed E-state index contributed by atoms with van der Waals surface area (Å²) in [6, 6.07) is 11.2. The molecular formula is C19H19N5O2S. The first-order chi connectivity index (χ1) is 13.2. The van der Waals surface area contributed by atoms with Gasteiger partial charge in [-0.3, -0.25) is 14.7 Å². The van der Waals surface area contributed by atoms with E-state index in [4.69, 9.17) is 0 Å². The number of aromatic amines is 1. The van der Waals surface area contributed by atoms with Crippen molar-refractivity contribution < 1.29 is 9.59 Å². The number of benzene rings is 1. The molecule has 1 unspecified atom stereocenters. The fourth-order valence-corrected chi connectivity index (χ4v) is 4.55. The monoisotopic (exact) mass is 381 g/mol. The van der Waals surface area contributed by atoms with Crippen LogP contribution < -0.4 is 5.32 Å². The third kappa shape index (κ3) is 3.23. The maximum atomic E-state index is 13.3. The number of carbonyl (C=O) groups is 2. The Morgan fingerprint density at radius 1 is 1.26 bits per heavy atom. The molecule has 0 aliphatic carbocycles. The fourth-order valence-electron chi connectivity index (χ4n) is 3.45. The molecule has 1 aliphatic rings. The quantitative estimate of drug-likeness (QED) is 0.727. The summed E-state index contributed by atoms with van der Waals surface area (Å²) in [6.07, 6.45) is 3.26. The number of hydrogen-bond acceptors (Lipinski definition) is 5. The van der Waals surface area contributed by atoms with Crippen molar-refractivity contribution in [2.45, 2.75) is 18.9 Å². The number of rotatable bonds is 4. The summed E-state index contributed by atoms with van der Waals surface area (Å²) in [5, 5.41) is 9.36. The van der Waals surface area contributed by atoms with Crippen LogP contribution in [0.15, 0.2) is 42.7 Å². The molecule has 1 atom stereocenters. The molecule has 0 radical (unpaired) electrons. The summed E-state index contributed by atoms with van der Waals surface area (Å²) in [5.41, 5.74) is 1.34. The summed E-state index contributed by atoms with van der Waals surface area (Å²) < 4.78 is 0. The van der Waals surface area contributed by atoms with E-state index in [-0.39, 0.29) is 17.9 Å². The van der Waals surface area contributed by atoms with Crippen LogP contribution in [0.5, 0.6) is 0 Å². The number of hydrogen-bond donors (Lipinski definition) is 2. The largest absolute Gasteiger partial charge is 0.354 e. The molecule has 3 heterocycles. The van der Waals surface area contributed by atoms with Crippen LogP contribution in [0, 0.1) is 0 Å². The molecule has 2 N–H and O–H groups in total. The zero-order chi connectivity index (χ0) is 18.8. The molecule has 0 spiro atoms. The van der Waals surface area contributed by atoms with Gasteiger partial charge in [-0.15, -0.1) is 11.3 Å². The van der Waals surface area contributed by atoms with Crippen LogP contribution >= 0.6 is 11.3 Å². The van der Waals surface area contributed by atoms with Crippen molar-refractivity contribution in [3.05, 3.63) is 58.0 Å². The van der Waals surface area contributed by atoms with Gasteiger partial charge in [0.05, 0.1) is 16.5 Å². The molecule has 2 amide bonds. The lowest BCUT2D eigenvalue weighted by molar-refractivity contribution is 0.0738. The Bertz CT molecular complexity index is 966. The number of nitrogens with one attached hydrogen (secondary N) is 2. The third-order valence-corrected chi connectivity index (χ3v) is 5.93. The molecule has 138 valence electrons. The first-order valence-corrected chi connectivity index (χ1v) is 9.58. The number of carbonyl (C=O) groups excluding carboxylic acids is 2. The van der Waals surface area contributed by atoms with Gasteiger partial charge in [0.25, 0.3) is 11.8 Å². The summed E-state index contributed by atoms with van der Waals surface area (Å²) in [7, 11) is 1.62. The van der Waals surface area contributed by atoms with Crippen LogP contribution in [0.1, 0.15) is 43.8 Å². The topological polar surface area (TPSA) is 91.0 Å². The minimum Gasteiger partial charge on any atom is -0.354 e. The van der Waals surface area contributed by atoms with E-state index in [9.17, 15) is 9.59 Å². The first kappa shape index (κ1) is 17.4. The van der Waals surface area contributed by atoms with E-state index in [0.29, 0.717) is 22.8 Å². The molecule has 1 aliphatic heterocycles. The van der Waals surface area contributed by atoms with E-state index >= 15 is 0 Å². The second-order valence-corrected chi connectivity index (χ2v) is 7.43. The SMILES string of the molecule is CNC(=O)c1ccc(C2CCCN2C(=O)c2ccccc2-c2ncn[nH]2)s1. The van der Waals surface area contributed by atoms with Crippen LogP contribution in [0.4, 0.5) is 0 Å². The Kier molecular flexibility index (Phi) is 4.72. The first-order valence-electron chi connectivity index (χ1n) is 8.76. The van der Waals surface area contributed by atoms with Crippen molar-refractivity contribution in [2.75, 3.05) is 13.6 Å². The van der Waals surface area contributed by atoms with Gasteiger partial charge >= 0.3 is 0 Å². The minimum absolute atomic E-state index is 0.0105. The Hall–Kier alpha value is -3.00. The molecule has 1 aromatic carbocycles. The smallest absolute Gasteiger partial charge is 0.261 e. The van der Waals surface area contributed by atoms with Crippen molar-refractivity contribution >= 4 is 23.2 Å². The van der Waals surface area contributed by atoms with Crippen molar-refractivity contribution in [1.82, 2.24) is 25.4 Å². The highest BCUT2D eigenvalue weighted by atomic mass is 32.1. The fraction of sp³-hybridized carbons (Fsp3) is 0.263. The molecule has 2 aromatic heterocycles. The van der Waals surface area contributed by atoms with Gasteiger partial charge in [0.2, 0.25) is 0 Å². The summed E-state index contributed by atoms with van der Waals surface area (Å²) in [5.74, 6) is 0.449. The minimum atomic E-state index is -0.0993. The van der Waals surface area contributed by atoms with Crippen LogP contribution in [0.3, 0.4) is 0 Å². The lowest BCUT2D eigenvalue weighted by Crippen LogP contribution is -2.30. The van der Waals surface area contributed by atoms with E-state index < -0.39 is 0 Å². The highest BCUT2D eigenvalue weighted by Crippen LogP contribution is 2.37. The van der Waals surface area contributed by atoms with E-state index in [2.05, 4.69) is 20.5 Å². The molecule has 0 saturated carbocycles. The molecule has 4 rings (SSSR count). The lowest BCUT2D eigenvalue weighted by Gasteiger charge is -2.24. The number of likely N-dealkylation sites (tertiary alicyclic amines) is 1. The van der Waals surface area contributed by atoms with Gasteiger partial charge in [0, 0.05) is 24.0 Å². The number of amides is 2. The van der Waals surface area contributed by atoms with E-state index in [0.717, 1.165) is 23.3 Å². The maximum absolute atomic E-state index is 13.3. The Balaban J connectivity index is 1.64. The van der Waals surface area contributed by atoms with Crippen LogP contribution in [-0.4, -0.2) is 45.5 Å². The standard InChI is InChI=1S/C19H19N5O2S/c1-20-18(25)16-9-8-15(27-16)14-7-4-10-24(14)19(26)13-6-3-2-5-12(13)17-21-11-22-23-17/h2-3,5-6,8-9,11,14H,4,7,10H2,1H3,(H,20,25)(H,21,22,23). The third-order valence-electron chi connectivity index (χ3n) is 4.75. The highest BCUT2D eigenvalue weighted by molar-refractivity contribution is 7.14. The van der Waals surface area contributed by atoms with Gasteiger partial charge in [0.15, 0.2) is 5.82 Å². The zero-order valence-corrected chi connectivity index (χ0v) is 15.6. The van der Waals surface area contributed by atoms with Gasteiger partial charge in [0.1, 0.15) is 6.33 Å². The predicted molar refractivity (Wildman–Crippen MR) is 103 cm³/mol. The Morgan fingerprint density at radius 2 is 2.11 bits per heavy atom. The molecule has 1 fully saturated rings. The Morgan fingerprint density at radius 3 is 2.89 bits per heavy atom. The van der Waals surface area contributed by atoms with Crippen molar-refractivity contribution in [3.63, 3.8) is 0 Å². The average Bonchev–Trinajstić information content (AvgIpc) is 3.47. The molecule has 27 heavy (non-hydrogen) atoms. The van der Waals surface area contributed by atoms with Crippen molar-refractivity contribution in [3.8, 4) is 11.4 Å². The second kappa shape index (κ2) is 7.32. The number of thiophene rings is 1. The van der Waals surface area contributed by atoms with Crippen LogP contribution in [-0.2, 0) is 0 Å². The van der Waals surface area contributed by atoms with Gasteiger partial charge in [-0.2, -0.15) is 5.10 Å². The highest BCUT2D eigenvalue weighted by Gasteiger charge is 2.33. The predicted octanol–water partition coefficient (Wildman–Crippen LogP) is 2.87. The molecule has 8 heteroatoms. The summed E-state index contributed by atoms with van der Waals surface area (Å²) >= 11 is 1.45. The zero-order valence-electron chi connectivity index (χ0n) is 14.8. The van der Waals surface area contributed by atoms with Gasteiger partial charge in [-0.05, 0) is 31.0 Å². The Labute approximate surface area is 160 Å². The lowest BCUT2D eigenvalue weighted by atomic mass is 10.0. The van der Waals surface area contributed by atoms with E-state index in [1.807, 2.05) is 41.3 Å². The molecule has 1 saturated heterocycles. The van der Waals surface area contributed by atoms with Crippen molar-refractivity contribution in [2.24, 2.45) is 0 Å². The van der Waals surface area contributed by atoms with Crippen molar-refractivity contribution in [1.29, 1.82) is 0 Å². The summed E-state index contributed by atoms with van der Waals surface area (Å²) in [6.45, 7) is 0.696. The number of nitrogens with zero attached hydrogens (tertiary/aromatic N) is 3. The van der Waals surface area contributed by atoms with Crippen LogP contribution in [0.2, 0.25) is 0 Å². The summed E-state index contributed by atoms with van der Waals surface area (Å²) in [4.78, 5) is 33.0. The van der Waals surface area contributed by atoms with Crippen LogP contribution in [0.25, 0.3) is 11.4 Å². The molecule has 7 nitrogen and oxygen atoms in total. The van der Waals surface area contributed by atoms with Gasteiger partial charge in [-0.1, -0.05) is 18.2 Å². The van der Waals surface area contributed by atoms with E-state index in [1.54, 1.807) is 7.05 Å². The van der Waals surface area contributed by atoms with E-state index in [1.165, 1.54) is 17.7 Å². The second-order valence-electron chi connectivity index (χ2n) is 6.32. The van der Waals surface area contributed by atoms with Gasteiger partial charge < -0.3 is 10.2 Å². The van der Waals surface area contributed by atoms with Gasteiger partial charge in [-0.25, -0.2) is 4.98 Å². The average molecular weight is 381 g/mol. The molecule has 0 bridgehead atoms. The number of H-pyrrole nitrogens is 1. The molecular weight excluding hydrogens is 362 g/mol. The molecule has 3 aromatic rings. The maximum Gasteiger partial charge on any atom is 0.261 e.